The van der Waals surface area contributed by atoms with E-state index in [1.165, 1.54) is 0 Å². The van der Waals surface area contributed by atoms with Gasteiger partial charge in [0.2, 0.25) is 11.8 Å². The summed E-state index contributed by atoms with van der Waals surface area (Å²) in [5.41, 5.74) is 0. The third kappa shape index (κ3) is 3.23. The van der Waals surface area contributed by atoms with E-state index in [-0.39, 0.29) is 30.7 Å². The van der Waals surface area contributed by atoms with Crippen LogP contribution >= 0.6 is 0 Å². The minimum absolute atomic E-state index is 0.0725. The van der Waals surface area contributed by atoms with Crippen LogP contribution < -0.4 is 5.32 Å². The van der Waals surface area contributed by atoms with Crippen LogP contribution in [0.1, 0.15) is 12.8 Å². The highest BCUT2D eigenvalue weighted by molar-refractivity contribution is 5.88. The summed E-state index contributed by atoms with van der Waals surface area (Å²) in [7, 11) is 1.69. The Kier molecular flexibility index (Phi) is 3.65. The fourth-order valence-corrected chi connectivity index (χ4v) is 1.47. The molecule has 1 unspecified atom stereocenters. The zero-order chi connectivity index (χ0) is 11.4. The molecule has 6 heteroatoms. The number of piperidine rings is 1. The molecule has 2 N–H and O–H groups in total. The van der Waals surface area contributed by atoms with Crippen molar-refractivity contribution < 1.29 is 19.5 Å². The zero-order valence-electron chi connectivity index (χ0n) is 8.52. The molecule has 0 bridgehead atoms. The highest BCUT2D eigenvalue weighted by atomic mass is 16.4. The van der Waals surface area contributed by atoms with Crippen LogP contribution in [0, 0.1) is 5.92 Å². The van der Waals surface area contributed by atoms with Crippen molar-refractivity contribution in [1.29, 1.82) is 0 Å². The first kappa shape index (κ1) is 11.5. The largest absolute Gasteiger partial charge is 0.480 e. The number of likely N-dealkylation sites (tertiary alicyclic amines) is 1. The minimum atomic E-state index is -1.08. The highest BCUT2D eigenvalue weighted by Crippen LogP contribution is 2.16. The first-order valence-corrected chi connectivity index (χ1v) is 4.74. The van der Waals surface area contributed by atoms with Gasteiger partial charge in [0.1, 0.15) is 6.54 Å². The van der Waals surface area contributed by atoms with Crippen LogP contribution in [0.15, 0.2) is 0 Å². The minimum Gasteiger partial charge on any atom is -0.480 e. The molecule has 15 heavy (non-hydrogen) atoms. The molecule has 1 rings (SSSR count). The van der Waals surface area contributed by atoms with E-state index >= 15 is 0 Å². The second kappa shape index (κ2) is 4.77. The Bertz CT molecular complexity index is 290. The Labute approximate surface area is 87.2 Å². The van der Waals surface area contributed by atoms with E-state index in [9.17, 15) is 14.4 Å². The Hall–Kier alpha value is -1.59. The van der Waals surface area contributed by atoms with Gasteiger partial charge in [-0.05, 0) is 6.42 Å². The van der Waals surface area contributed by atoms with Crippen LogP contribution in [0.2, 0.25) is 0 Å². The van der Waals surface area contributed by atoms with Crippen LogP contribution in [-0.4, -0.2) is 47.9 Å². The third-order valence-electron chi connectivity index (χ3n) is 2.44. The van der Waals surface area contributed by atoms with E-state index in [1.54, 1.807) is 11.9 Å². The summed E-state index contributed by atoms with van der Waals surface area (Å²) in [6.45, 7) is 0.156. The first-order valence-electron chi connectivity index (χ1n) is 4.74. The van der Waals surface area contributed by atoms with E-state index < -0.39 is 5.97 Å². The summed E-state index contributed by atoms with van der Waals surface area (Å²) >= 11 is 0. The normalized spacial score (nSPS) is 21.3. The Morgan fingerprint density at radius 2 is 2.27 bits per heavy atom. The molecule has 0 spiro atoms. The van der Waals surface area contributed by atoms with Gasteiger partial charge in [-0.1, -0.05) is 0 Å². The van der Waals surface area contributed by atoms with Crippen molar-refractivity contribution in [2.24, 2.45) is 5.92 Å². The highest BCUT2D eigenvalue weighted by Gasteiger charge is 2.28. The molecule has 0 radical (unpaired) electrons. The molecule has 0 aliphatic carbocycles. The molecule has 2 amide bonds. The number of rotatable bonds is 3. The van der Waals surface area contributed by atoms with Gasteiger partial charge in [0.15, 0.2) is 0 Å². The zero-order valence-corrected chi connectivity index (χ0v) is 8.52. The molecule has 6 nitrogen and oxygen atoms in total. The van der Waals surface area contributed by atoms with Crippen molar-refractivity contribution in [2.45, 2.75) is 12.8 Å². The monoisotopic (exact) mass is 214 g/mol. The molecule has 1 atom stereocenters. The second-order valence-electron chi connectivity index (χ2n) is 3.62. The van der Waals surface area contributed by atoms with Crippen molar-refractivity contribution >= 4 is 17.8 Å². The Morgan fingerprint density at radius 1 is 1.60 bits per heavy atom. The molecule has 1 aliphatic rings. The van der Waals surface area contributed by atoms with Gasteiger partial charge in [-0.15, -0.1) is 0 Å². The van der Waals surface area contributed by atoms with Crippen molar-refractivity contribution in [3.05, 3.63) is 0 Å². The summed E-state index contributed by atoms with van der Waals surface area (Å²) < 4.78 is 0. The molecule has 0 saturated carbocycles. The molecular weight excluding hydrogens is 200 g/mol. The molecule has 0 aromatic heterocycles. The standard InChI is InChI=1S/C9H14N2O4/c1-11-3-2-6(4-7(11)12)9(15)10-5-8(13)14/h6H,2-5H2,1H3,(H,10,15)(H,13,14). The van der Waals surface area contributed by atoms with Crippen molar-refractivity contribution in [3.8, 4) is 0 Å². The summed E-state index contributed by atoms with van der Waals surface area (Å²) in [5.74, 6) is -1.88. The molecule has 1 aliphatic heterocycles. The van der Waals surface area contributed by atoms with Crippen LogP contribution in [-0.2, 0) is 14.4 Å². The van der Waals surface area contributed by atoms with Gasteiger partial charge in [-0.2, -0.15) is 0 Å². The maximum Gasteiger partial charge on any atom is 0.322 e. The number of carboxylic acid groups (broad SMARTS) is 1. The van der Waals surface area contributed by atoms with E-state index in [4.69, 9.17) is 5.11 Å². The SMILES string of the molecule is CN1CCC(C(=O)NCC(=O)O)CC1=O. The van der Waals surface area contributed by atoms with Gasteiger partial charge in [0, 0.05) is 25.9 Å². The number of carbonyl (C=O) groups excluding carboxylic acids is 2. The number of carbonyl (C=O) groups is 3. The van der Waals surface area contributed by atoms with E-state index in [0.717, 1.165) is 0 Å². The lowest BCUT2D eigenvalue weighted by Crippen LogP contribution is -2.43. The summed E-state index contributed by atoms with van der Waals surface area (Å²) in [4.78, 5) is 34.5. The second-order valence-corrected chi connectivity index (χ2v) is 3.62. The van der Waals surface area contributed by atoms with E-state index in [0.29, 0.717) is 13.0 Å². The fourth-order valence-electron chi connectivity index (χ4n) is 1.47. The molecule has 1 fully saturated rings. The summed E-state index contributed by atoms with van der Waals surface area (Å²) in [5, 5.41) is 10.6. The number of amides is 2. The van der Waals surface area contributed by atoms with Gasteiger partial charge in [0.05, 0.1) is 0 Å². The number of aliphatic carboxylic acids is 1. The predicted molar refractivity (Wildman–Crippen MR) is 51.0 cm³/mol. The van der Waals surface area contributed by atoms with Gasteiger partial charge >= 0.3 is 5.97 Å². The van der Waals surface area contributed by atoms with Crippen molar-refractivity contribution in [1.82, 2.24) is 10.2 Å². The van der Waals surface area contributed by atoms with Crippen LogP contribution in [0.4, 0.5) is 0 Å². The van der Waals surface area contributed by atoms with E-state index in [2.05, 4.69) is 5.32 Å². The lowest BCUT2D eigenvalue weighted by molar-refractivity contribution is -0.141. The van der Waals surface area contributed by atoms with Crippen LogP contribution in [0.25, 0.3) is 0 Å². The van der Waals surface area contributed by atoms with Crippen molar-refractivity contribution in [2.75, 3.05) is 20.1 Å². The third-order valence-corrected chi connectivity index (χ3v) is 2.44. The van der Waals surface area contributed by atoms with Crippen molar-refractivity contribution in [3.63, 3.8) is 0 Å². The quantitative estimate of drug-likeness (QED) is 0.634. The summed E-state index contributed by atoms with van der Waals surface area (Å²) in [6, 6.07) is 0. The molecule has 84 valence electrons. The average molecular weight is 214 g/mol. The predicted octanol–water partition coefficient (Wildman–Crippen LogP) is -0.944. The van der Waals surface area contributed by atoms with Gasteiger partial charge in [-0.25, -0.2) is 0 Å². The summed E-state index contributed by atoms with van der Waals surface area (Å²) in [6.07, 6.45) is 0.760. The molecule has 1 saturated heterocycles. The van der Waals surface area contributed by atoms with Gasteiger partial charge in [-0.3, -0.25) is 14.4 Å². The lowest BCUT2D eigenvalue weighted by atomic mass is 9.96. The average Bonchev–Trinajstić information content (AvgIpc) is 2.18. The fraction of sp³-hybridized carbons (Fsp3) is 0.667. The maximum absolute atomic E-state index is 11.4. The molecule has 0 aromatic carbocycles. The molecular formula is C9H14N2O4. The number of nitrogens with one attached hydrogen (secondary N) is 1. The van der Waals surface area contributed by atoms with E-state index in [1.807, 2.05) is 0 Å². The smallest absolute Gasteiger partial charge is 0.322 e. The number of hydrogen-bond acceptors (Lipinski definition) is 3. The Balaban J connectivity index is 2.41. The number of carboxylic acids is 1. The number of hydrogen-bond donors (Lipinski definition) is 2. The topological polar surface area (TPSA) is 86.7 Å². The maximum atomic E-state index is 11.4. The molecule has 1 heterocycles. The number of nitrogens with zero attached hydrogens (tertiary/aromatic N) is 1. The van der Waals surface area contributed by atoms with Gasteiger partial charge < -0.3 is 15.3 Å². The van der Waals surface area contributed by atoms with Crippen LogP contribution in [0.3, 0.4) is 0 Å². The van der Waals surface area contributed by atoms with Crippen LogP contribution in [0.5, 0.6) is 0 Å². The molecule has 0 aromatic rings. The first-order chi connectivity index (χ1) is 7.00. The lowest BCUT2D eigenvalue weighted by Gasteiger charge is -2.27. The Morgan fingerprint density at radius 3 is 2.80 bits per heavy atom. The van der Waals surface area contributed by atoms with Gasteiger partial charge in [0.25, 0.3) is 0 Å².